The average molecular weight is 302 g/mol. The second kappa shape index (κ2) is 4.75. The lowest BCUT2D eigenvalue weighted by atomic mass is 10.3. The van der Waals surface area contributed by atoms with Gasteiger partial charge in [-0.1, -0.05) is 17.7 Å². The molecule has 19 heavy (non-hydrogen) atoms. The molecule has 0 bridgehead atoms. The Morgan fingerprint density at radius 3 is 2.63 bits per heavy atom. The topological polar surface area (TPSA) is 75.4 Å². The van der Waals surface area contributed by atoms with Crippen LogP contribution in [0.3, 0.4) is 0 Å². The number of aromatic hydroxyl groups is 1. The standard InChI is InChI=1S/C11H12ClN3O3S/c1-14-11(10(12)7-13-14)19(17,18)15(2)8-4-3-5-9(16)6-8/h3-7,16H,1-2H3. The van der Waals surface area contributed by atoms with Crippen LogP contribution < -0.4 is 4.31 Å². The molecule has 0 saturated carbocycles. The number of nitrogens with zero attached hydrogens (tertiary/aromatic N) is 3. The smallest absolute Gasteiger partial charge is 0.282 e. The van der Waals surface area contributed by atoms with Crippen LogP contribution in [-0.2, 0) is 17.1 Å². The molecule has 1 aromatic heterocycles. The van der Waals surface area contributed by atoms with E-state index in [-0.39, 0.29) is 15.8 Å². The number of phenolic OH excluding ortho intramolecular Hbond substituents is 1. The molecule has 0 fully saturated rings. The van der Waals surface area contributed by atoms with Crippen molar-refractivity contribution in [2.45, 2.75) is 5.03 Å². The molecule has 2 rings (SSSR count). The predicted molar refractivity (Wildman–Crippen MR) is 71.9 cm³/mol. The fraction of sp³-hybridized carbons (Fsp3) is 0.182. The van der Waals surface area contributed by atoms with Gasteiger partial charge in [-0.05, 0) is 12.1 Å². The molecule has 0 saturated heterocycles. The van der Waals surface area contributed by atoms with Crippen molar-refractivity contribution in [3.05, 3.63) is 35.5 Å². The van der Waals surface area contributed by atoms with E-state index in [1.54, 1.807) is 12.1 Å². The summed E-state index contributed by atoms with van der Waals surface area (Å²) in [5.74, 6) is -0.0179. The first-order chi connectivity index (χ1) is 8.84. The van der Waals surface area contributed by atoms with Gasteiger partial charge in [-0.15, -0.1) is 0 Å². The lowest BCUT2D eigenvalue weighted by molar-refractivity contribution is 0.475. The SMILES string of the molecule is CN(c1cccc(O)c1)S(=O)(=O)c1c(Cl)cnn1C. The summed E-state index contributed by atoms with van der Waals surface area (Å²) in [7, 11) is -0.959. The van der Waals surface area contributed by atoms with Gasteiger partial charge in [0.05, 0.1) is 16.9 Å². The van der Waals surface area contributed by atoms with E-state index in [2.05, 4.69) is 5.10 Å². The molecular formula is C11H12ClN3O3S. The zero-order chi connectivity index (χ0) is 14.2. The Kier molecular flexibility index (Phi) is 3.42. The number of aromatic nitrogens is 2. The van der Waals surface area contributed by atoms with Crippen molar-refractivity contribution in [3.8, 4) is 5.75 Å². The molecule has 0 aliphatic rings. The van der Waals surface area contributed by atoms with Crippen LogP contribution in [0.4, 0.5) is 5.69 Å². The molecular weight excluding hydrogens is 290 g/mol. The molecule has 0 atom stereocenters. The molecule has 2 aromatic rings. The van der Waals surface area contributed by atoms with Crippen molar-refractivity contribution in [3.63, 3.8) is 0 Å². The number of aryl methyl sites for hydroxylation is 1. The molecule has 0 aliphatic carbocycles. The fourth-order valence-corrected chi connectivity index (χ4v) is 3.44. The summed E-state index contributed by atoms with van der Waals surface area (Å²) in [6.45, 7) is 0. The van der Waals surface area contributed by atoms with E-state index in [0.717, 1.165) is 4.31 Å². The number of benzene rings is 1. The van der Waals surface area contributed by atoms with Gasteiger partial charge in [0.2, 0.25) is 0 Å². The maximum Gasteiger partial charge on any atom is 0.282 e. The second-order valence-corrected chi connectivity index (χ2v) is 6.21. The van der Waals surface area contributed by atoms with Gasteiger partial charge in [-0.2, -0.15) is 13.5 Å². The lowest BCUT2D eigenvalue weighted by Crippen LogP contribution is -2.28. The lowest BCUT2D eigenvalue weighted by Gasteiger charge is -2.19. The summed E-state index contributed by atoms with van der Waals surface area (Å²) in [6.07, 6.45) is 1.27. The number of rotatable bonds is 3. The van der Waals surface area contributed by atoms with Gasteiger partial charge in [0, 0.05) is 20.2 Å². The Morgan fingerprint density at radius 1 is 1.42 bits per heavy atom. The van der Waals surface area contributed by atoms with Gasteiger partial charge in [-0.25, -0.2) is 0 Å². The van der Waals surface area contributed by atoms with Crippen LogP contribution >= 0.6 is 11.6 Å². The van der Waals surface area contributed by atoms with E-state index in [4.69, 9.17) is 11.6 Å². The van der Waals surface area contributed by atoms with Crippen LogP contribution in [0.5, 0.6) is 5.75 Å². The fourth-order valence-electron chi connectivity index (χ4n) is 1.65. The van der Waals surface area contributed by atoms with Crippen LogP contribution in [0.25, 0.3) is 0 Å². The first-order valence-corrected chi connectivity index (χ1v) is 7.11. The Labute approximate surface area is 115 Å². The van der Waals surface area contributed by atoms with Crippen molar-refractivity contribution < 1.29 is 13.5 Å². The molecule has 0 spiro atoms. The number of sulfonamides is 1. The van der Waals surface area contributed by atoms with Gasteiger partial charge in [0.15, 0.2) is 5.03 Å². The van der Waals surface area contributed by atoms with Gasteiger partial charge in [0.25, 0.3) is 10.0 Å². The highest BCUT2D eigenvalue weighted by Gasteiger charge is 2.28. The first-order valence-electron chi connectivity index (χ1n) is 5.29. The number of hydrogen-bond donors (Lipinski definition) is 1. The highest BCUT2D eigenvalue weighted by Crippen LogP contribution is 2.28. The third-order valence-corrected chi connectivity index (χ3v) is 4.93. The van der Waals surface area contributed by atoms with Crippen molar-refractivity contribution >= 4 is 27.3 Å². The normalized spacial score (nSPS) is 11.5. The molecule has 0 unspecified atom stereocenters. The summed E-state index contributed by atoms with van der Waals surface area (Å²) in [6, 6.07) is 5.94. The highest BCUT2D eigenvalue weighted by molar-refractivity contribution is 7.92. The molecule has 1 aromatic carbocycles. The second-order valence-electron chi connectivity index (χ2n) is 3.91. The Morgan fingerprint density at radius 2 is 2.11 bits per heavy atom. The predicted octanol–water partition coefficient (Wildman–Crippen LogP) is 1.60. The van der Waals surface area contributed by atoms with E-state index < -0.39 is 10.0 Å². The number of anilines is 1. The molecule has 0 amide bonds. The minimum Gasteiger partial charge on any atom is -0.508 e. The van der Waals surface area contributed by atoms with Crippen molar-refractivity contribution in [1.29, 1.82) is 0 Å². The maximum atomic E-state index is 12.4. The minimum atomic E-state index is -3.84. The van der Waals surface area contributed by atoms with Crippen molar-refractivity contribution in [1.82, 2.24) is 9.78 Å². The minimum absolute atomic E-state index is 0.0179. The van der Waals surface area contributed by atoms with Crippen LogP contribution in [0.15, 0.2) is 35.5 Å². The van der Waals surface area contributed by atoms with Crippen molar-refractivity contribution in [2.75, 3.05) is 11.4 Å². The number of halogens is 1. The maximum absolute atomic E-state index is 12.4. The summed E-state index contributed by atoms with van der Waals surface area (Å²) < 4.78 is 27.1. The number of hydrogen-bond acceptors (Lipinski definition) is 4. The Balaban J connectivity index is 2.52. The van der Waals surface area contributed by atoms with Crippen LogP contribution in [-0.4, -0.2) is 30.4 Å². The van der Waals surface area contributed by atoms with Crippen LogP contribution in [0, 0.1) is 0 Å². The van der Waals surface area contributed by atoms with E-state index in [1.165, 1.54) is 37.1 Å². The van der Waals surface area contributed by atoms with Gasteiger partial charge < -0.3 is 5.11 Å². The Bertz CT molecular complexity index is 692. The molecule has 0 radical (unpaired) electrons. The largest absolute Gasteiger partial charge is 0.508 e. The van der Waals surface area contributed by atoms with E-state index in [1.807, 2.05) is 0 Å². The van der Waals surface area contributed by atoms with Gasteiger partial charge >= 0.3 is 0 Å². The van der Waals surface area contributed by atoms with Gasteiger partial charge in [0.1, 0.15) is 5.75 Å². The molecule has 1 heterocycles. The zero-order valence-electron chi connectivity index (χ0n) is 10.3. The summed E-state index contributed by atoms with van der Waals surface area (Å²) in [5, 5.41) is 13.2. The average Bonchev–Trinajstić information content (AvgIpc) is 2.68. The summed E-state index contributed by atoms with van der Waals surface area (Å²) >= 11 is 5.85. The summed E-state index contributed by atoms with van der Waals surface area (Å²) in [4.78, 5) is 0. The van der Waals surface area contributed by atoms with Crippen molar-refractivity contribution in [2.24, 2.45) is 7.05 Å². The monoisotopic (exact) mass is 301 g/mol. The third-order valence-electron chi connectivity index (χ3n) is 2.64. The van der Waals surface area contributed by atoms with E-state index >= 15 is 0 Å². The quantitative estimate of drug-likeness (QED) is 0.934. The first kappa shape index (κ1) is 13.7. The highest BCUT2D eigenvalue weighted by atomic mass is 35.5. The van der Waals surface area contributed by atoms with Gasteiger partial charge in [-0.3, -0.25) is 8.99 Å². The molecule has 6 nitrogen and oxygen atoms in total. The van der Waals surface area contributed by atoms with Crippen LogP contribution in [0.2, 0.25) is 5.02 Å². The Hall–Kier alpha value is -1.73. The third kappa shape index (κ3) is 2.39. The number of phenols is 1. The molecule has 102 valence electrons. The summed E-state index contributed by atoms with van der Waals surface area (Å²) in [5.41, 5.74) is 0.331. The van der Waals surface area contributed by atoms with E-state index in [9.17, 15) is 13.5 Å². The van der Waals surface area contributed by atoms with E-state index in [0.29, 0.717) is 5.69 Å². The molecule has 8 heteroatoms. The molecule has 0 aliphatic heterocycles. The molecule has 1 N–H and O–H groups in total. The van der Waals surface area contributed by atoms with Crippen LogP contribution in [0.1, 0.15) is 0 Å². The zero-order valence-corrected chi connectivity index (χ0v) is 11.9.